The summed E-state index contributed by atoms with van der Waals surface area (Å²) >= 11 is 0. The molecule has 7 nitrogen and oxygen atoms in total. The number of nitrogens with zero attached hydrogens (tertiary/aromatic N) is 1. The highest BCUT2D eigenvalue weighted by atomic mass is 32.2. The molecule has 1 heterocycles. The predicted octanol–water partition coefficient (Wildman–Crippen LogP) is 5.28. The Bertz CT molecular complexity index is 1530. The van der Waals surface area contributed by atoms with E-state index in [2.05, 4.69) is 23.0 Å². The molecule has 1 aliphatic heterocycles. The molecule has 5 rings (SSSR count). The van der Waals surface area contributed by atoms with Crippen molar-refractivity contribution in [3.63, 3.8) is 0 Å². The maximum atomic E-state index is 14.6. The first kappa shape index (κ1) is 26.8. The van der Waals surface area contributed by atoms with Gasteiger partial charge < -0.3 is 5.43 Å². The number of halogens is 1. The Morgan fingerprint density at radius 1 is 0.974 bits per heavy atom. The van der Waals surface area contributed by atoms with Crippen molar-refractivity contribution >= 4 is 39.0 Å². The number of nitrogens with one attached hydrogen (secondary N) is 3. The van der Waals surface area contributed by atoms with Crippen LogP contribution in [-0.2, 0) is 15.0 Å². The highest BCUT2D eigenvalue weighted by molar-refractivity contribution is 7.87. The summed E-state index contributed by atoms with van der Waals surface area (Å²) in [4.78, 5) is 12.1. The van der Waals surface area contributed by atoms with E-state index >= 15 is 0 Å². The van der Waals surface area contributed by atoms with Gasteiger partial charge in [-0.15, -0.1) is 0 Å². The van der Waals surface area contributed by atoms with E-state index in [-0.39, 0.29) is 0 Å². The van der Waals surface area contributed by atoms with Gasteiger partial charge in [-0.1, -0.05) is 67.1 Å². The summed E-state index contributed by atoms with van der Waals surface area (Å²) in [5, 5.41) is 0. The molecule has 0 spiro atoms. The van der Waals surface area contributed by atoms with Gasteiger partial charge in [-0.05, 0) is 70.4 Å². The van der Waals surface area contributed by atoms with Gasteiger partial charge in [-0.25, -0.2) is 14.5 Å². The first-order chi connectivity index (χ1) is 18.7. The SMILES string of the molecule is CN(C)S(=O)(=O)NC(=O)/C=C/c1ccc(/C(=C(\c2ccccc2)C2CCC2)c2ccc3c(c2)C(F)NN3)cc1. The van der Waals surface area contributed by atoms with Crippen LogP contribution >= 0.6 is 0 Å². The number of rotatable bonds is 8. The maximum Gasteiger partial charge on any atom is 0.303 e. The Morgan fingerprint density at radius 2 is 1.67 bits per heavy atom. The van der Waals surface area contributed by atoms with Gasteiger partial charge in [-0.2, -0.15) is 12.7 Å². The third kappa shape index (κ3) is 5.80. The molecule has 1 atom stereocenters. The lowest BCUT2D eigenvalue weighted by Crippen LogP contribution is -2.38. The standard InChI is InChI=1S/C30H31FN4O3S/c1-35(2)39(37,38)34-27(36)18-13-20-11-14-23(15-12-20)29(24-16-17-26-25(19-24)30(31)33-32-26)28(22-9-6-10-22)21-7-4-3-5-8-21/h3-5,7-8,11-19,22,30,32-33H,6,9-10H2,1-2H3,(H,34,36)/b18-13+,29-28-. The average molecular weight is 547 g/mol. The van der Waals surface area contributed by atoms with Crippen LogP contribution in [0.3, 0.4) is 0 Å². The third-order valence-electron chi connectivity index (χ3n) is 7.15. The minimum atomic E-state index is -3.86. The Hall–Kier alpha value is -3.79. The zero-order valence-electron chi connectivity index (χ0n) is 21.8. The van der Waals surface area contributed by atoms with E-state index in [1.807, 2.05) is 65.4 Å². The number of hydrazine groups is 1. The van der Waals surface area contributed by atoms with Crippen LogP contribution in [-0.4, -0.2) is 32.7 Å². The molecular formula is C30H31FN4O3S. The number of hydrogen-bond donors (Lipinski definition) is 3. The van der Waals surface area contributed by atoms with Gasteiger partial charge in [0.05, 0.1) is 5.69 Å². The van der Waals surface area contributed by atoms with Crippen LogP contribution < -0.4 is 15.6 Å². The molecule has 1 aliphatic carbocycles. The number of anilines is 1. The van der Waals surface area contributed by atoms with Gasteiger partial charge in [0.1, 0.15) is 0 Å². The van der Waals surface area contributed by atoms with Crippen molar-refractivity contribution in [2.75, 3.05) is 19.5 Å². The quantitative estimate of drug-likeness (QED) is 0.203. The van der Waals surface area contributed by atoms with E-state index in [0.717, 1.165) is 50.7 Å². The highest BCUT2D eigenvalue weighted by Gasteiger charge is 2.28. The molecule has 0 radical (unpaired) electrons. The molecular weight excluding hydrogens is 515 g/mol. The third-order valence-corrected chi connectivity index (χ3v) is 8.57. The fourth-order valence-electron chi connectivity index (χ4n) is 4.82. The number of allylic oxidation sites excluding steroid dienone is 1. The monoisotopic (exact) mass is 546 g/mol. The Morgan fingerprint density at radius 3 is 2.31 bits per heavy atom. The van der Waals surface area contributed by atoms with E-state index < -0.39 is 22.4 Å². The smallest absolute Gasteiger partial charge is 0.303 e. The van der Waals surface area contributed by atoms with Crippen molar-refractivity contribution in [3.05, 3.63) is 107 Å². The zero-order valence-corrected chi connectivity index (χ0v) is 22.6. The van der Waals surface area contributed by atoms with Gasteiger partial charge in [0.2, 0.25) is 0 Å². The topological polar surface area (TPSA) is 90.5 Å². The Labute approximate surface area is 228 Å². The van der Waals surface area contributed by atoms with Crippen LogP contribution in [0.4, 0.5) is 10.1 Å². The minimum Gasteiger partial charge on any atom is -0.318 e. The lowest BCUT2D eigenvalue weighted by Gasteiger charge is -2.31. The number of hydrogen-bond acceptors (Lipinski definition) is 5. The van der Waals surface area contributed by atoms with Gasteiger partial charge >= 0.3 is 10.2 Å². The molecule has 0 aromatic heterocycles. The maximum absolute atomic E-state index is 14.6. The lowest BCUT2D eigenvalue weighted by molar-refractivity contribution is -0.114. The molecule has 3 aromatic rings. The molecule has 2 aliphatic rings. The molecule has 1 saturated carbocycles. The molecule has 39 heavy (non-hydrogen) atoms. The fourth-order valence-corrected chi connectivity index (χ4v) is 5.33. The molecule has 1 amide bonds. The first-order valence-corrected chi connectivity index (χ1v) is 14.3. The highest BCUT2D eigenvalue weighted by Crippen LogP contribution is 2.46. The van der Waals surface area contributed by atoms with Gasteiger partial charge in [0, 0.05) is 25.7 Å². The second-order valence-corrected chi connectivity index (χ2v) is 11.8. The summed E-state index contributed by atoms with van der Waals surface area (Å²) in [6, 6.07) is 23.9. The van der Waals surface area contributed by atoms with Gasteiger partial charge in [0.15, 0.2) is 6.30 Å². The molecule has 3 N–H and O–H groups in total. The normalized spacial score (nSPS) is 17.9. The van der Waals surface area contributed by atoms with Crippen LogP contribution in [0.25, 0.3) is 17.2 Å². The van der Waals surface area contributed by atoms with Crippen LogP contribution in [0.2, 0.25) is 0 Å². The van der Waals surface area contributed by atoms with E-state index in [4.69, 9.17) is 0 Å². The van der Waals surface area contributed by atoms with Crippen LogP contribution in [0.5, 0.6) is 0 Å². The van der Waals surface area contributed by atoms with Crippen molar-refractivity contribution in [3.8, 4) is 0 Å². The van der Waals surface area contributed by atoms with Gasteiger partial charge in [-0.3, -0.25) is 4.79 Å². The summed E-state index contributed by atoms with van der Waals surface area (Å²) in [7, 11) is -1.17. The van der Waals surface area contributed by atoms with E-state index in [9.17, 15) is 17.6 Å². The molecule has 202 valence electrons. The summed E-state index contributed by atoms with van der Waals surface area (Å²) in [5.74, 6) is -0.333. The summed E-state index contributed by atoms with van der Waals surface area (Å²) in [6.45, 7) is 0. The summed E-state index contributed by atoms with van der Waals surface area (Å²) < 4.78 is 41.3. The predicted molar refractivity (Wildman–Crippen MR) is 153 cm³/mol. The Kier molecular flexibility index (Phi) is 7.65. The molecule has 0 bridgehead atoms. The van der Waals surface area contributed by atoms with Crippen LogP contribution in [0.1, 0.15) is 53.4 Å². The molecule has 0 saturated heterocycles. The van der Waals surface area contributed by atoms with Crippen molar-refractivity contribution in [1.29, 1.82) is 0 Å². The van der Waals surface area contributed by atoms with E-state index in [1.165, 1.54) is 32.2 Å². The second kappa shape index (κ2) is 11.1. The van der Waals surface area contributed by atoms with Crippen molar-refractivity contribution < 1.29 is 17.6 Å². The van der Waals surface area contributed by atoms with Crippen molar-refractivity contribution in [1.82, 2.24) is 14.5 Å². The lowest BCUT2D eigenvalue weighted by atomic mass is 9.73. The molecule has 3 aromatic carbocycles. The Balaban J connectivity index is 1.55. The number of benzene rings is 3. The van der Waals surface area contributed by atoms with E-state index in [1.54, 1.807) is 6.08 Å². The second-order valence-electron chi connectivity index (χ2n) is 9.93. The number of carbonyl (C=O) groups is 1. The largest absolute Gasteiger partial charge is 0.318 e. The van der Waals surface area contributed by atoms with Crippen LogP contribution in [0.15, 0.2) is 78.9 Å². The van der Waals surface area contributed by atoms with Crippen LogP contribution in [0, 0.1) is 5.92 Å². The number of carbonyl (C=O) groups excluding carboxylic acids is 1. The summed E-state index contributed by atoms with van der Waals surface area (Å²) in [5.41, 5.74) is 12.9. The molecule has 1 fully saturated rings. The number of amides is 1. The summed E-state index contributed by atoms with van der Waals surface area (Å²) in [6.07, 6.45) is 4.84. The van der Waals surface area contributed by atoms with Crippen molar-refractivity contribution in [2.24, 2.45) is 5.92 Å². The fraction of sp³-hybridized carbons (Fsp3) is 0.233. The molecule has 1 unspecified atom stereocenters. The number of fused-ring (bicyclic) bond motifs is 1. The van der Waals surface area contributed by atoms with Crippen molar-refractivity contribution in [2.45, 2.75) is 25.6 Å². The zero-order chi connectivity index (χ0) is 27.6. The minimum absolute atomic E-state index is 0.398. The molecule has 9 heteroatoms. The van der Waals surface area contributed by atoms with Gasteiger partial charge in [0.25, 0.3) is 5.91 Å². The number of alkyl halides is 1. The van der Waals surface area contributed by atoms with E-state index in [0.29, 0.717) is 11.5 Å². The average Bonchev–Trinajstić information content (AvgIpc) is 3.27. The first-order valence-electron chi connectivity index (χ1n) is 12.9.